The fraction of sp³-hybridized carbons (Fsp3) is 0.429. The molecule has 16 heavy (non-hydrogen) atoms. The molecule has 3 rings (SSSR count). The van der Waals surface area contributed by atoms with Gasteiger partial charge in [0.25, 0.3) is 0 Å². The number of hydrogen-bond donors (Lipinski definition) is 2. The van der Waals surface area contributed by atoms with E-state index < -0.39 is 0 Å². The zero-order valence-electron chi connectivity index (χ0n) is 9.66. The third-order valence-electron chi connectivity index (χ3n) is 3.84. The lowest BCUT2D eigenvalue weighted by Crippen LogP contribution is -2.22. The quantitative estimate of drug-likeness (QED) is 0.752. The Kier molecular flexibility index (Phi) is 2.25. The summed E-state index contributed by atoms with van der Waals surface area (Å²) in [7, 11) is 0. The first-order valence-electron chi connectivity index (χ1n) is 6.09. The molecule has 0 radical (unpaired) electrons. The third-order valence-corrected chi connectivity index (χ3v) is 3.84. The van der Waals surface area contributed by atoms with E-state index in [4.69, 9.17) is 5.73 Å². The molecule has 2 nitrogen and oxygen atoms in total. The number of nitrogens with one attached hydrogen (secondary N) is 1. The molecule has 1 saturated carbocycles. The topological polar surface area (TPSA) is 41.8 Å². The molecule has 0 aliphatic heterocycles. The molecule has 1 aromatic heterocycles. The minimum atomic E-state index is 0.347. The Morgan fingerprint density at radius 3 is 2.94 bits per heavy atom. The summed E-state index contributed by atoms with van der Waals surface area (Å²) in [6.07, 6.45) is 5.83. The zero-order valence-corrected chi connectivity index (χ0v) is 9.66. The van der Waals surface area contributed by atoms with E-state index in [0.717, 1.165) is 0 Å². The molecule has 0 spiro atoms. The van der Waals surface area contributed by atoms with E-state index >= 15 is 0 Å². The molecule has 2 aromatic rings. The van der Waals surface area contributed by atoms with Crippen LogP contribution in [0.1, 0.15) is 36.3 Å². The Bertz CT molecular complexity index is 512. The fourth-order valence-electron chi connectivity index (χ4n) is 2.94. The molecule has 1 aliphatic rings. The maximum absolute atomic E-state index is 6.19. The molecule has 2 atom stereocenters. The van der Waals surface area contributed by atoms with E-state index in [2.05, 4.69) is 36.3 Å². The van der Waals surface area contributed by atoms with Crippen LogP contribution in [0.3, 0.4) is 0 Å². The number of rotatable bonds is 1. The lowest BCUT2D eigenvalue weighted by Gasteiger charge is -2.14. The van der Waals surface area contributed by atoms with Crippen LogP contribution in [-0.2, 0) is 0 Å². The van der Waals surface area contributed by atoms with Crippen molar-refractivity contribution >= 4 is 10.9 Å². The van der Waals surface area contributed by atoms with Crippen molar-refractivity contribution in [2.24, 2.45) is 5.73 Å². The fourth-order valence-corrected chi connectivity index (χ4v) is 2.94. The number of hydrogen-bond acceptors (Lipinski definition) is 1. The Hall–Kier alpha value is -1.28. The second-order valence-electron chi connectivity index (χ2n) is 4.99. The summed E-state index contributed by atoms with van der Waals surface area (Å²) in [5.41, 5.74) is 10.2. The van der Waals surface area contributed by atoms with Gasteiger partial charge in [-0.1, -0.05) is 18.1 Å². The molecule has 0 amide bonds. The zero-order chi connectivity index (χ0) is 11.1. The highest BCUT2D eigenvalue weighted by Crippen LogP contribution is 2.37. The molecule has 1 aromatic carbocycles. The summed E-state index contributed by atoms with van der Waals surface area (Å²) in [6, 6.07) is 6.93. The van der Waals surface area contributed by atoms with Crippen molar-refractivity contribution in [2.75, 3.05) is 0 Å². The summed E-state index contributed by atoms with van der Waals surface area (Å²) in [5.74, 6) is 0.551. The monoisotopic (exact) mass is 214 g/mol. The highest BCUT2D eigenvalue weighted by molar-refractivity contribution is 5.84. The predicted octanol–water partition coefficient (Wildman–Crippen LogP) is 3.07. The number of aryl methyl sites for hydroxylation is 1. The van der Waals surface area contributed by atoms with Crippen LogP contribution in [0.5, 0.6) is 0 Å². The first kappa shape index (κ1) is 9.91. The van der Waals surface area contributed by atoms with Gasteiger partial charge in [-0.15, -0.1) is 0 Å². The summed E-state index contributed by atoms with van der Waals surface area (Å²) in [6.45, 7) is 2.14. The molecule has 84 valence electrons. The first-order chi connectivity index (χ1) is 7.75. The van der Waals surface area contributed by atoms with Gasteiger partial charge in [0.05, 0.1) is 0 Å². The molecule has 0 unspecified atom stereocenters. The lowest BCUT2D eigenvalue weighted by molar-refractivity contribution is 0.616. The minimum Gasteiger partial charge on any atom is -0.361 e. The van der Waals surface area contributed by atoms with Gasteiger partial charge in [-0.05, 0) is 37.5 Å². The number of aromatic nitrogens is 1. The highest BCUT2D eigenvalue weighted by atomic mass is 14.7. The molecular weight excluding hydrogens is 196 g/mol. The van der Waals surface area contributed by atoms with E-state index in [0.29, 0.717) is 12.0 Å². The van der Waals surface area contributed by atoms with Crippen molar-refractivity contribution in [3.63, 3.8) is 0 Å². The molecule has 0 bridgehead atoms. The average molecular weight is 214 g/mol. The minimum absolute atomic E-state index is 0.347. The van der Waals surface area contributed by atoms with Gasteiger partial charge < -0.3 is 10.7 Å². The lowest BCUT2D eigenvalue weighted by atomic mass is 9.94. The number of H-pyrrole nitrogens is 1. The van der Waals surface area contributed by atoms with E-state index in [1.807, 2.05) is 0 Å². The van der Waals surface area contributed by atoms with E-state index in [-0.39, 0.29) is 0 Å². The Balaban J connectivity index is 2.12. The highest BCUT2D eigenvalue weighted by Gasteiger charge is 2.27. The van der Waals surface area contributed by atoms with Crippen molar-refractivity contribution in [3.05, 3.63) is 35.5 Å². The van der Waals surface area contributed by atoms with Crippen molar-refractivity contribution in [1.82, 2.24) is 4.98 Å². The van der Waals surface area contributed by atoms with Gasteiger partial charge in [0.15, 0.2) is 0 Å². The van der Waals surface area contributed by atoms with Crippen molar-refractivity contribution in [3.8, 4) is 0 Å². The van der Waals surface area contributed by atoms with E-state index in [1.165, 1.54) is 41.3 Å². The van der Waals surface area contributed by atoms with Crippen LogP contribution in [0.15, 0.2) is 24.4 Å². The Labute approximate surface area is 95.8 Å². The van der Waals surface area contributed by atoms with Gasteiger partial charge in [0.2, 0.25) is 0 Å². The normalized spacial score (nSPS) is 25.4. The van der Waals surface area contributed by atoms with Gasteiger partial charge >= 0.3 is 0 Å². The summed E-state index contributed by atoms with van der Waals surface area (Å²) < 4.78 is 0. The van der Waals surface area contributed by atoms with E-state index in [1.54, 1.807) is 0 Å². The second-order valence-corrected chi connectivity index (χ2v) is 4.99. The number of benzene rings is 1. The maximum atomic E-state index is 6.19. The van der Waals surface area contributed by atoms with Crippen LogP contribution in [-0.4, -0.2) is 11.0 Å². The Morgan fingerprint density at radius 2 is 2.19 bits per heavy atom. The number of fused-ring (bicyclic) bond motifs is 1. The molecule has 2 heteroatoms. The second kappa shape index (κ2) is 3.63. The Morgan fingerprint density at radius 1 is 1.31 bits per heavy atom. The molecule has 1 heterocycles. The number of nitrogens with two attached hydrogens (primary N) is 1. The molecule has 3 N–H and O–H groups in total. The summed E-state index contributed by atoms with van der Waals surface area (Å²) in [5, 5.41) is 1.36. The van der Waals surface area contributed by atoms with Gasteiger partial charge in [-0.2, -0.15) is 0 Å². The van der Waals surface area contributed by atoms with Gasteiger partial charge in [0.1, 0.15) is 0 Å². The van der Waals surface area contributed by atoms with Crippen LogP contribution in [0.4, 0.5) is 0 Å². The standard InChI is InChI=1S/C14H18N2/c1-9-5-6-14-11(7-9)12(8-16-14)10-3-2-4-13(10)15/h5-8,10,13,16H,2-4,15H2,1H3/t10-,13+/m0/s1. The summed E-state index contributed by atoms with van der Waals surface area (Å²) >= 11 is 0. The van der Waals surface area contributed by atoms with Crippen LogP contribution < -0.4 is 5.73 Å². The largest absolute Gasteiger partial charge is 0.361 e. The number of aromatic amines is 1. The van der Waals surface area contributed by atoms with E-state index in [9.17, 15) is 0 Å². The average Bonchev–Trinajstić information content (AvgIpc) is 2.83. The molecule has 0 saturated heterocycles. The molecular formula is C14H18N2. The maximum Gasteiger partial charge on any atom is 0.0457 e. The van der Waals surface area contributed by atoms with Crippen molar-refractivity contribution < 1.29 is 0 Å². The first-order valence-corrected chi connectivity index (χ1v) is 6.09. The third kappa shape index (κ3) is 1.45. The van der Waals surface area contributed by atoms with Crippen LogP contribution in [0.2, 0.25) is 0 Å². The van der Waals surface area contributed by atoms with Crippen molar-refractivity contribution in [2.45, 2.75) is 38.1 Å². The van der Waals surface area contributed by atoms with Gasteiger partial charge in [-0.25, -0.2) is 0 Å². The molecule has 1 fully saturated rings. The summed E-state index contributed by atoms with van der Waals surface area (Å²) in [4.78, 5) is 3.36. The van der Waals surface area contributed by atoms with Crippen LogP contribution in [0, 0.1) is 6.92 Å². The van der Waals surface area contributed by atoms with Gasteiger partial charge in [0, 0.05) is 29.1 Å². The SMILES string of the molecule is Cc1ccc2[nH]cc([C@@H]3CCC[C@H]3N)c2c1. The van der Waals surface area contributed by atoms with Crippen LogP contribution >= 0.6 is 0 Å². The smallest absolute Gasteiger partial charge is 0.0457 e. The molecule has 1 aliphatic carbocycles. The predicted molar refractivity (Wildman–Crippen MR) is 67.6 cm³/mol. The van der Waals surface area contributed by atoms with Crippen molar-refractivity contribution in [1.29, 1.82) is 0 Å². The van der Waals surface area contributed by atoms with Crippen LogP contribution in [0.25, 0.3) is 10.9 Å². The van der Waals surface area contributed by atoms with Gasteiger partial charge in [-0.3, -0.25) is 0 Å².